The second-order valence-corrected chi connectivity index (χ2v) is 18.8. The summed E-state index contributed by atoms with van der Waals surface area (Å²) in [4.78, 5) is 9.52. The van der Waals surface area contributed by atoms with E-state index >= 15 is 0 Å². The molecule has 6 rings (SSSR count). The van der Waals surface area contributed by atoms with Gasteiger partial charge in [-0.3, -0.25) is 4.57 Å². The number of hydrogen-bond donors (Lipinski definition) is 2. The topological polar surface area (TPSA) is 99.9 Å². The number of aliphatic hydroxyl groups is 1. The molecule has 2 aromatic heterocycles. The zero-order valence-electron chi connectivity index (χ0n) is 22.6. The Hall–Kier alpha value is -1.80. The van der Waals surface area contributed by atoms with E-state index < -0.39 is 26.4 Å². The Balaban J connectivity index is 1.30. The molecule has 2 fully saturated rings. The molecule has 0 bridgehead atoms. The first kappa shape index (κ1) is 28.3. The molecule has 2 N–H and O–H groups in total. The molecular weight excluding hydrogens is 623 g/mol. The van der Waals surface area contributed by atoms with Crippen LogP contribution in [0.3, 0.4) is 0 Å². The van der Waals surface area contributed by atoms with Crippen LogP contribution in [0.15, 0.2) is 22.7 Å². The second-order valence-electron chi connectivity index (χ2n) is 11.8. The average molecular weight is 656 g/mol. The van der Waals surface area contributed by atoms with E-state index in [1.807, 2.05) is 6.07 Å². The van der Waals surface area contributed by atoms with Gasteiger partial charge in [0.15, 0.2) is 11.8 Å². The number of aromatic nitrogens is 3. The minimum atomic E-state index is -1.29. The number of nitrogens with one attached hydrogen (secondary N) is 1. The highest BCUT2D eigenvalue weighted by atomic mass is 79.9. The molecule has 216 valence electrons. The van der Waals surface area contributed by atoms with Crippen LogP contribution in [-0.4, -0.2) is 72.0 Å². The molecule has 2 aliphatic heterocycles. The van der Waals surface area contributed by atoms with Crippen molar-refractivity contribution < 1.29 is 28.4 Å². The predicted octanol–water partition coefficient (Wildman–Crippen LogP) is 5.30. The first-order chi connectivity index (χ1) is 19.1. The Labute approximate surface area is 246 Å². The fourth-order valence-electron chi connectivity index (χ4n) is 5.52. The number of hydrogen-bond acceptors (Lipinski definition) is 8. The number of benzene rings is 1. The lowest BCUT2D eigenvalue weighted by atomic mass is 10.1. The van der Waals surface area contributed by atoms with Crippen molar-refractivity contribution in [2.75, 3.05) is 25.1 Å². The number of aryl methyl sites for hydroxylation is 1. The third kappa shape index (κ3) is 5.64. The molecule has 2 saturated heterocycles. The van der Waals surface area contributed by atoms with Crippen molar-refractivity contribution in [2.24, 2.45) is 0 Å². The molecular formula is C27H33BrClFN4O5Si. The molecule has 5 atom stereocenters. The van der Waals surface area contributed by atoms with Gasteiger partial charge in [0.1, 0.15) is 42.2 Å². The van der Waals surface area contributed by atoms with Crippen LogP contribution in [0.5, 0.6) is 6.01 Å². The predicted molar refractivity (Wildman–Crippen MR) is 155 cm³/mol. The summed E-state index contributed by atoms with van der Waals surface area (Å²) >= 11 is 10.0. The van der Waals surface area contributed by atoms with Crippen LogP contribution in [0.2, 0.25) is 30.7 Å². The van der Waals surface area contributed by atoms with Gasteiger partial charge in [0.2, 0.25) is 0 Å². The quantitative estimate of drug-likeness (QED) is 0.237. The van der Waals surface area contributed by atoms with Gasteiger partial charge in [-0.1, -0.05) is 47.2 Å². The van der Waals surface area contributed by atoms with Gasteiger partial charge in [0.25, 0.3) is 0 Å². The van der Waals surface area contributed by atoms with Gasteiger partial charge in [-0.05, 0) is 42.6 Å². The molecule has 40 heavy (non-hydrogen) atoms. The highest BCUT2D eigenvalue weighted by Crippen LogP contribution is 2.39. The van der Waals surface area contributed by atoms with Gasteiger partial charge in [-0.25, -0.2) is 9.37 Å². The smallest absolute Gasteiger partial charge is 0.301 e. The maximum Gasteiger partial charge on any atom is 0.301 e. The number of anilines is 1. The van der Waals surface area contributed by atoms with E-state index in [2.05, 4.69) is 45.9 Å². The van der Waals surface area contributed by atoms with Crippen molar-refractivity contribution in [3.63, 3.8) is 0 Å². The molecule has 0 saturated carbocycles. The number of rotatable bonds is 9. The van der Waals surface area contributed by atoms with Crippen molar-refractivity contribution in [2.45, 2.75) is 75.7 Å². The Bertz CT molecular complexity index is 1420. The normalized spacial score (nSPS) is 25.9. The molecule has 0 amide bonds. The van der Waals surface area contributed by atoms with Crippen LogP contribution < -0.4 is 10.1 Å². The van der Waals surface area contributed by atoms with E-state index in [0.29, 0.717) is 40.2 Å². The lowest BCUT2D eigenvalue weighted by molar-refractivity contribution is 0.00336. The maximum absolute atomic E-state index is 14.9. The summed E-state index contributed by atoms with van der Waals surface area (Å²) in [7, 11) is -1.29. The van der Waals surface area contributed by atoms with Gasteiger partial charge in [-0.15, -0.1) is 0 Å². The third-order valence-corrected chi connectivity index (χ3v) is 10.1. The number of ether oxygens (including phenoxy) is 4. The highest BCUT2D eigenvalue weighted by Gasteiger charge is 2.49. The molecule has 1 aromatic carbocycles. The summed E-state index contributed by atoms with van der Waals surface area (Å²) in [5.41, 5.74) is 2.69. The van der Waals surface area contributed by atoms with Crippen molar-refractivity contribution in [1.29, 1.82) is 0 Å². The molecule has 4 heterocycles. The molecule has 1 aliphatic carbocycles. The number of halogens is 3. The zero-order valence-corrected chi connectivity index (χ0v) is 26.0. The average Bonchev–Trinajstić information content (AvgIpc) is 3.63. The second kappa shape index (κ2) is 11.1. The standard InChI is InChI=1S/C27H33BrClFN4O5Si/c1-40(2,3)7-6-36-13-34-26-19(32-27(34)39-21-12-38-23-20(35)11-37-24(21)23)10-16(29)25(33-26)31-18-5-4-14-8-15(28)9-17(30)22(14)18/h8-10,18,20-21,23-24,35H,4-7,11-13H2,1-3H3,(H,31,33)/t18-,20+,21+,23+,24+/m0/s1. The SMILES string of the molecule is C[Si](C)(C)CCOCn1c(O[C@@H]2CO[C@H]3[C@@H]2OC[C@H]3O)nc2cc(Cl)c(N[C@H]3CCc4cc(Br)cc(F)c43)nc21. The number of imidazole rings is 1. The fraction of sp³-hybridized carbons (Fsp3) is 0.556. The Morgan fingerprint density at radius 1 is 1.20 bits per heavy atom. The lowest BCUT2D eigenvalue weighted by Gasteiger charge is -2.19. The summed E-state index contributed by atoms with van der Waals surface area (Å²) in [5, 5.41) is 13.9. The summed E-state index contributed by atoms with van der Waals surface area (Å²) in [6, 6.07) is 6.23. The van der Waals surface area contributed by atoms with Gasteiger partial charge in [-0.2, -0.15) is 4.98 Å². The van der Waals surface area contributed by atoms with Gasteiger partial charge in [0, 0.05) is 24.7 Å². The highest BCUT2D eigenvalue weighted by molar-refractivity contribution is 9.10. The van der Waals surface area contributed by atoms with E-state index in [1.54, 1.807) is 10.6 Å². The molecule has 9 nitrogen and oxygen atoms in total. The summed E-state index contributed by atoms with van der Waals surface area (Å²) < 4.78 is 41.2. The molecule has 3 aliphatic rings. The van der Waals surface area contributed by atoms with Gasteiger partial charge >= 0.3 is 6.01 Å². The van der Waals surface area contributed by atoms with E-state index in [1.165, 1.54) is 6.07 Å². The Kier molecular flexibility index (Phi) is 7.87. The van der Waals surface area contributed by atoms with Crippen LogP contribution in [0.1, 0.15) is 23.6 Å². The Morgan fingerprint density at radius 2 is 2.00 bits per heavy atom. The van der Waals surface area contributed by atoms with E-state index in [0.717, 1.165) is 28.9 Å². The first-order valence-electron chi connectivity index (χ1n) is 13.5. The van der Waals surface area contributed by atoms with Crippen LogP contribution in [0, 0.1) is 5.82 Å². The molecule has 13 heteroatoms. The van der Waals surface area contributed by atoms with E-state index in [4.69, 9.17) is 35.5 Å². The summed E-state index contributed by atoms with van der Waals surface area (Å²) in [6.45, 7) is 8.17. The molecule has 0 radical (unpaired) electrons. The number of aliphatic hydroxyl groups excluding tert-OH is 1. The van der Waals surface area contributed by atoms with E-state index in [-0.39, 0.29) is 37.9 Å². The summed E-state index contributed by atoms with van der Waals surface area (Å²) in [6.07, 6.45) is -0.445. The van der Waals surface area contributed by atoms with Crippen molar-refractivity contribution in [3.8, 4) is 6.01 Å². The van der Waals surface area contributed by atoms with Crippen LogP contribution in [0.25, 0.3) is 11.2 Å². The molecule has 0 unspecified atom stereocenters. The monoisotopic (exact) mass is 654 g/mol. The van der Waals surface area contributed by atoms with Gasteiger partial charge in [0.05, 0.1) is 24.3 Å². The number of nitrogens with zero attached hydrogens (tertiary/aromatic N) is 3. The molecule has 0 spiro atoms. The fourth-order valence-corrected chi connectivity index (χ4v) is 6.95. The van der Waals surface area contributed by atoms with E-state index in [9.17, 15) is 9.50 Å². The van der Waals surface area contributed by atoms with Gasteiger partial charge < -0.3 is 29.4 Å². The van der Waals surface area contributed by atoms with Crippen molar-refractivity contribution >= 4 is 52.6 Å². The maximum atomic E-state index is 14.9. The lowest BCUT2D eigenvalue weighted by Crippen LogP contribution is -2.35. The number of pyridine rings is 1. The molecule has 3 aromatic rings. The van der Waals surface area contributed by atoms with Crippen LogP contribution in [-0.2, 0) is 27.4 Å². The Morgan fingerprint density at radius 3 is 2.80 bits per heavy atom. The zero-order chi connectivity index (χ0) is 28.2. The summed E-state index contributed by atoms with van der Waals surface area (Å²) in [5.74, 6) is 0.181. The first-order valence-corrected chi connectivity index (χ1v) is 18.4. The third-order valence-electron chi connectivity index (χ3n) is 7.64. The van der Waals surface area contributed by atoms with Crippen molar-refractivity contribution in [1.82, 2.24) is 14.5 Å². The van der Waals surface area contributed by atoms with Crippen molar-refractivity contribution in [3.05, 3.63) is 44.6 Å². The minimum Gasteiger partial charge on any atom is -0.456 e. The largest absolute Gasteiger partial charge is 0.456 e. The number of fused-ring (bicyclic) bond motifs is 3. The van der Waals surface area contributed by atoms with Crippen LogP contribution in [0.4, 0.5) is 10.2 Å². The van der Waals surface area contributed by atoms with Crippen LogP contribution >= 0.6 is 27.5 Å². The minimum absolute atomic E-state index is 0.185.